The van der Waals surface area contributed by atoms with E-state index in [9.17, 15) is 18.0 Å². The summed E-state index contributed by atoms with van der Waals surface area (Å²) >= 11 is 0. The number of hydrogen-bond acceptors (Lipinski definition) is 4. The molecule has 0 radical (unpaired) electrons. The Morgan fingerprint density at radius 2 is 2.05 bits per heavy atom. The summed E-state index contributed by atoms with van der Waals surface area (Å²) in [7, 11) is 0. The summed E-state index contributed by atoms with van der Waals surface area (Å²) in [4.78, 5) is 11.5. The first-order chi connectivity index (χ1) is 9.43. The molecule has 0 spiro atoms. The zero-order valence-electron chi connectivity index (χ0n) is 10.7. The molecular weight excluding hydrogens is 273 g/mol. The molecule has 0 aromatic heterocycles. The third kappa shape index (κ3) is 2.92. The van der Waals surface area contributed by atoms with E-state index in [1.165, 1.54) is 12.1 Å². The molecular formula is C13H13F3N2O2. The van der Waals surface area contributed by atoms with E-state index in [2.05, 4.69) is 5.10 Å². The fourth-order valence-corrected chi connectivity index (χ4v) is 1.92. The number of alkyl halides is 3. The van der Waals surface area contributed by atoms with E-state index in [1.54, 1.807) is 25.1 Å². The molecule has 4 nitrogen and oxygen atoms in total. The second kappa shape index (κ2) is 5.52. The first-order valence-corrected chi connectivity index (χ1v) is 6.09. The summed E-state index contributed by atoms with van der Waals surface area (Å²) in [6, 6.07) is 6.09. The zero-order chi connectivity index (χ0) is 14.8. The molecule has 0 N–H and O–H groups in total. The van der Waals surface area contributed by atoms with Crippen LogP contribution in [0.5, 0.6) is 0 Å². The molecule has 0 aliphatic carbocycles. The number of benzene rings is 1. The van der Waals surface area contributed by atoms with E-state index in [4.69, 9.17) is 4.74 Å². The van der Waals surface area contributed by atoms with Crippen molar-refractivity contribution in [2.45, 2.75) is 25.6 Å². The second-order valence-electron chi connectivity index (χ2n) is 4.21. The maximum atomic E-state index is 13.1. The number of carbonyl (C=O) groups excluding carboxylic acids is 1. The average molecular weight is 286 g/mol. The number of anilines is 1. The summed E-state index contributed by atoms with van der Waals surface area (Å²) < 4.78 is 43.9. The fourth-order valence-electron chi connectivity index (χ4n) is 1.92. The molecule has 108 valence electrons. The highest BCUT2D eigenvalue weighted by molar-refractivity contribution is 6.37. The van der Waals surface area contributed by atoms with Gasteiger partial charge in [0.1, 0.15) is 5.71 Å². The third-order valence-corrected chi connectivity index (χ3v) is 2.82. The molecule has 1 aromatic rings. The maximum absolute atomic E-state index is 13.1. The molecule has 20 heavy (non-hydrogen) atoms. The normalized spacial score (nSPS) is 18.9. The largest absolute Gasteiger partial charge is 0.461 e. The van der Waals surface area contributed by atoms with Crippen molar-refractivity contribution in [3.8, 4) is 0 Å². The highest BCUT2D eigenvalue weighted by atomic mass is 19.4. The van der Waals surface area contributed by atoms with Crippen molar-refractivity contribution in [3.63, 3.8) is 0 Å². The van der Waals surface area contributed by atoms with Gasteiger partial charge in [0.2, 0.25) is 0 Å². The van der Waals surface area contributed by atoms with Crippen molar-refractivity contribution >= 4 is 17.4 Å². The van der Waals surface area contributed by atoms with Crippen LogP contribution in [0.4, 0.5) is 18.9 Å². The Labute approximate surface area is 113 Å². The minimum atomic E-state index is -4.48. The number of esters is 1. The summed E-state index contributed by atoms with van der Waals surface area (Å²) in [5.41, 5.74) is 0.0761. The highest BCUT2D eigenvalue weighted by Crippen LogP contribution is 2.35. The van der Waals surface area contributed by atoms with Gasteiger partial charge in [-0.05, 0) is 19.1 Å². The van der Waals surface area contributed by atoms with Crippen molar-refractivity contribution in [3.05, 3.63) is 30.3 Å². The van der Waals surface area contributed by atoms with Crippen LogP contribution < -0.4 is 5.01 Å². The summed E-state index contributed by atoms with van der Waals surface area (Å²) in [5, 5.41) is 4.61. The highest BCUT2D eigenvalue weighted by Gasteiger charge is 2.49. The van der Waals surface area contributed by atoms with Crippen LogP contribution >= 0.6 is 0 Å². The van der Waals surface area contributed by atoms with Crippen LogP contribution in [0.1, 0.15) is 13.3 Å². The molecule has 0 bridgehead atoms. The van der Waals surface area contributed by atoms with E-state index in [0.717, 1.165) is 5.01 Å². The molecule has 1 atom stereocenters. The van der Waals surface area contributed by atoms with Crippen LogP contribution in [-0.2, 0) is 9.53 Å². The third-order valence-electron chi connectivity index (χ3n) is 2.82. The van der Waals surface area contributed by atoms with Gasteiger partial charge in [-0.2, -0.15) is 18.3 Å². The lowest BCUT2D eigenvalue weighted by atomic mass is 10.1. The fraction of sp³-hybridized carbons (Fsp3) is 0.385. The Morgan fingerprint density at radius 3 is 2.60 bits per heavy atom. The molecule has 7 heteroatoms. The van der Waals surface area contributed by atoms with Gasteiger partial charge in [0.05, 0.1) is 12.3 Å². The minimum Gasteiger partial charge on any atom is -0.461 e. The summed E-state index contributed by atoms with van der Waals surface area (Å²) in [6.45, 7) is 1.68. The average Bonchev–Trinajstić information content (AvgIpc) is 2.85. The van der Waals surface area contributed by atoms with Gasteiger partial charge in [-0.3, -0.25) is 5.01 Å². The first-order valence-electron chi connectivity index (χ1n) is 6.09. The number of ether oxygens (including phenoxy) is 1. The van der Waals surface area contributed by atoms with E-state index in [1.807, 2.05) is 0 Å². The quantitative estimate of drug-likeness (QED) is 0.802. The predicted molar refractivity (Wildman–Crippen MR) is 67.4 cm³/mol. The van der Waals surface area contributed by atoms with Crippen molar-refractivity contribution < 1.29 is 22.7 Å². The molecule has 0 saturated heterocycles. The Kier molecular flexibility index (Phi) is 3.96. The lowest BCUT2D eigenvalue weighted by molar-refractivity contribution is -0.145. The Morgan fingerprint density at radius 1 is 1.40 bits per heavy atom. The molecule has 0 amide bonds. The van der Waals surface area contributed by atoms with Gasteiger partial charge < -0.3 is 4.74 Å². The number of hydrazone groups is 1. The molecule has 1 unspecified atom stereocenters. The van der Waals surface area contributed by atoms with Crippen LogP contribution in [0, 0.1) is 0 Å². The van der Waals surface area contributed by atoms with Crippen LogP contribution in [0.3, 0.4) is 0 Å². The van der Waals surface area contributed by atoms with Gasteiger partial charge in [-0.25, -0.2) is 4.79 Å². The van der Waals surface area contributed by atoms with Crippen LogP contribution in [0.25, 0.3) is 0 Å². The van der Waals surface area contributed by atoms with E-state index in [0.29, 0.717) is 0 Å². The molecule has 2 rings (SSSR count). The molecule has 0 saturated carbocycles. The van der Waals surface area contributed by atoms with Gasteiger partial charge in [-0.1, -0.05) is 18.2 Å². The Hall–Kier alpha value is -2.05. The SMILES string of the molecule is CCOC(=O)C1=NN(c2ccccc2)C(C(F)(F)F)C1. The molecule has 1 aliphatic rings. The van der Waals surface area contributed by atoms with Crippen LogP contribution in [-0.4, -0.2) is 30.5 Å². The van der Waals surface area contributed by atoms with Gasteiger partial charge in [0.25, 0.3) is 0 Å². The summed E-state index contributed by atoms with van der Waals surface area (Å²) in [6.07, 6.45) is -4.98. The maximum Gasteiger partial charge on any atom is 0.411 e. The zero-order valence-corrected chi connectivity index (χ0v) is 10.7. The molecule has 0 fully saturated rings. The number of rotatable bonds is 3. The van der Waals surface area contributed by atoms with E-state index in [-0.39, 0.29) is 18.0 Å². The van der Waals surface area contributed by atoms with Gasteiger partial charge in [0, 0.05) is 6.42 Å². The Bertz CT molecular complexity index is 514. The number of para-hydroxylation sites is 1. The van der Waals surface area contributed by atoms with Gasteiger partial charge in [-0.15, -0.1) is 0 Å². The van der Waals surface area contributed by atoms with Gasteiger partial charge in [0.15, 0.2) is 6.04 Å². The number of halogens is 3. The first kappa shape index (κ1) is 14.4. The van der Waals surface area contributed by atoms with E-state index < -0.39 is 24.6 Å². The van der Waals surface area contributed by atoms with Crippen molar-refractivity contribution in [2.24, 2.45) is 5.10 Å². The monoisotopic (exact) mass is 286 g/mol. The van der Waals surface area contributed by atoms with Crippen molar-refractivity contribution in [1.82, 2.24) is 0 Å². The van der Waals surface area contributed by atoms with Crippen molar-refractivity contribution in [2.75, 3.05) is 11.6 Å². The topological polar surface area (TPSA) is 41.9 Å². The Balaban J connectivity index is 2.31. The lowest BCUT2D eigenvalue weighted by Crippen LogP contribution is -2.40. The number of nitrogens with zero attached hydrogens (tertiary/aromatic N) is 2. The molecule has 1 aromatic carbocycles. The van der Waals surface area contributed by atoms with Crippen molar-refractivity contribution in [1.29, 1.82) is 0 Å². The number of carbonyl (C=O) groups is 1. The lowest BCUT2D eigenvalue weighted by Gasteiger charge is -2.25. The second-order valence-corrected chi connectivity index (χ2v) is 4.21. The minimum absolute atomic E-state index is 0.0971. The predicted octanol–water partition coefficient (Wildman–Crippen LogP) is 2.75. The molecule has 1 heterocycles. The number of hydrogen-bond donors (Lipinski definition) is 0. The van der Waals surface area contributed by atoms with Crippen LogP contribution in [0.2, 0.25) is 0 Å². The van der Waals surface area contributed by atoms with Crippen LogP contribution in [0.15, 0.2) is 35.4 Å². The standard InChI is InChI=1S/C13H13F3N2O2/c1-2-20-12(19)10-8-11(13(14,15)16)18(17-10)9-6-4-3-5-7-9/h3-7,11H,2,8H2,1H3. The van der Waals surface area contributed by atoms with E-state index >= 15 is 0 Å². The smallest absolute Gasteiger partial charge is 0.411 e. The molecule has 1 aliphatic heterocycles. The van der Waals surface area contributed by atoms with Gasteiger partial charge >= 0.3 is 12.1 Å². The summed E-state index contributed by atoms with van der Waals surface area (Å²) in [5.74, 6) is -0.805.